The minimum Gasteiger partial charge on any atom is -0.468 e. The first-order valence-corrected chi connectivity index (χ1v) is 6.66. The summed E-state index contributed by atoms with van der Waals surface area (Å²) in [7, 11) is 0. The standard InChI is InChI=1S/C15H17F3N2O3/c1-14(2,3)23-13(21)19-8-4-5-11-6-7-12(20-9-11)22-10-15(16,17)18/h6-7,9H,8,10H2,1-3H3,(H,19,21). The lowest BCUT2D eigenvalue weighted by atomic mass is 10.2. The highest BCUT2D eigenvalue weighted by Crippen LogP contribution is 2.16. The minimum absolute atomic E-state index is 0.0707. The Hall–Kier alpha value is -2.43. The van der Waals surface area contributed by atoms with E-state index in [1.807, 2.05) is 0 Å². The van der Waals surface area contributed by atoms with Crippen molar-refractivity contribution in [1.82, 2.24) is 10.3 Å². The lowest BCUT2D eigenvalue weighted by molar-refractivity contribution is -0.154. The number of ether oxygens (including phenoxy) is 2. The number of nitrogens with one attached hydrogen (secondary N) is 1. The van der Waals surface area contributed by atoms with E-state index in [1.165, 1.54) is 18.3 Å². The first-order valence-electron chi connectivity index (χ1n) is 6.66. The Morgan fingerprint density at radius 3 is 2.52 bits per heavy atom. The van der Waals surface area contributed by atoms with Crippen LogP contribution in [0.4, 0.5) is 18.0 Å². The van der Waals surface area contributed by atoms with Crippen LogP contribution in [0.5, 0.6) is 5.88 Å². The van der Waals surface area contributed by atoms with Crippen LogP contribution in [-0.4, -0.2) is 36.0 Å². The van der Waals surface area contributed by atoms with Crippen LogP contribution in [0.2, 0.25) is 0 Å². The number of hydrogen-bond acceptors (Lipinski definition) is 4. The molecule has 1 N–H and O–H groups in total. The van der Waals surface area contributed by atoms with Crippen molar-refractivity contribution in [2.24, 2.45) is 0 Å². The largest absolute Gasteiger partial charge is 0.468 e. The molecular weight excluding hydrogens is 313 g/mol. The van der Waals surface area contributed by atoms with Crippen molar-refractivity contribution in [3.8, 4) is 17.7 Å². The normalized spacial score (nSPS) is 11.2. The number of amides is 1. The predicted octanol–water partition coefficient (Wildman–Crippen LogP) is 2.90. The molecule has 126 valence electrons. The second kappa shape index (κ2) is 7.72. The number of carbonyl (C=O) groups excluding carboxylic acids is 1. The zero-order chi connectivity index (χ0) is 17.5. The number of nitrogens with zero attached hydrogens (tertiary/aromatic N) is 1. The van der Waals surface area contributed by atoms with E-state index < -0.39 is 24.5 Å². The highest BCUT2D eigenvalue weighted by molar-refractivity contribution is 5.68. The van der Waals surface area contributed by atoms with Gasteiger partial charge in [-0.05, 0) is 26.8 Å². The van der Waals surface area contributed by atoms with Crippen LogP contribution in [0.15, 0.2) is 18.3 Å². The van der Waals surface area contributed by atoms with E-state index in [2.05, 4.69) is 26.9 Å². The van der Waals surface area contributed by atoms with E-state index in [0.717, 1.165) is 0 Å². The van der Waals surface area contributed by atoms with E-state index in [4.69, 9.17) is 4.74 Å². The molecule has 0 unspecified atom stereocenters. The summed E-state index contributed by atoms with van der Waals surface area (Å²) >= 11 is 0. The average molecular weight is 330 g/mol. The Kier molecular flexibility index (Phi) is 6.25. The van der Waals surface area contributed by atoms with Crippen LogP contribution in [-0.2, 0) is 4.74 Å². The van der Waals surface area contributed by atoms with Gasteiger partial charge in [-0.25, -0.2) is 9.78 Å². The summed E-state index contributed by atoms with van der Waals surface area (Å²) in [5.41, 5.74) is -0.108. The summed E-state index contributed by atoms with van der Waals surface area (Å²) in [6.45, 7) is 3.90. The van der Waals surface area contributed by atoms with Crippen molar-refractivity contribution in [1.29, 1.82) is 0 Å². The predicted molar refractivity (Wildman–Crippen MR) is 76.9 cm³/mol. The maximum absolute atomic E-state index is 12.0. The number of alkyl halides is 3. The maximum Gasteiger partial charge on any atom is 0.422 e. The van der Waals surface area contributed by atoms with Gasteiger partial charge in [0.25, 0.3) is 0 Å². The van der Waals surface area contributed by atoms with Crippen LogP contribution in [0.3, 0.4) is 0 Å². The summed E-state index contributed by atoms with van der Waals surface area (Å²) in [6, 6.07) is 2.76. The van der Waals surface area contributed by atoms with Crippen molar-refractivity contribution < 1.29 is 27.4 Å². The zero-order valence-corrected chi connectivity index (χ0v) is 13.0. The lowest BCUT2D eigenvalue weighted by Crippen LogP contribution is -2.32. The molecule has 0 aliphatic heterocycles. The van der Waals surface area contributed by atoms with Crippen molar-refractivity contribution in [2.45, 2.75) is 32.5 Å². The topological polar surface area (TPSA) is 60.5 Å². The van der Waals surface area contributed by atoms with Gasteiger partial charge < -0.3 is 14.8 Å². The molecule has 0 fully saturated rings. The van der Waals surface area contributed by atoms with Crippen LogP contribution >= 0.6 is 0 Å². The Bertz CT molecular complexity index is 581. The van der Waals surface area contributed by atoms with Gasteiger partial charge in [0, 0.05) is 17.8 Å². The Morgan fingerprint density at radius 1 is 1.30 bits per heavy atom. The van der Waals surface area contributed by atoms with E-state index in [1.54, 1.807) is 20.8 Å². The second-order valence-corrected chi connectivity index (χ2v) is 5.45. The summed E-state index contributed by atoms with van der Waals surface area (Å²) in [6.07, 6.45) is -3.71. The minimum atomic E-state index is -4.41. The molecule has 23 heavy (non-hydrogen) atoms. The molecule has 5 nitrogen and oxygen atoms in total. The van der Waals surface area contributed by atoms with Gasteiger partial charge in [0.05, 0.1) is 6.54 Å². The molecular formula is C15H17F3N2O3. The lowest BCUT2D eigenvalue weighted by Gasteiger charge is -2.18. The van der Waals surface area contributed by atoms with Gasteiger partial charge in [-0.15, -0.1) is 0 Å². The van der Waals surface area contributed by atoms with Crippen LogP contribution < -0.4 is 10.1 Å². The summed E-state index contributed by atoms with van der Waals surface area (Å²) in [4.78, 5) is 15.1. The maximum atomic E-state index is 12.0. The molecule has 0 radical (unpaired) electrons. The van der Waals surface area contributed by atoms with E-state index >= 15 is 0 Å². The molecule has 1 aromatic rings. The van der Waals surface area contributed by atoms with Crippen molar-refractivity contribution in [2.75, 3.05) is 13.2 Å². The molecule has 0 saturated carbocycles. The third-order valence-electron chi connectivity index (χ3n) is 2.07. The molecule has 1 amide bonds. The quantitative estimate of drug-likeness (QED) is 0.866. The van der Waals surface area contributed by atoms with Crippen molar-refractivity contribution in [3.63, 3.8) is 0 Å². The first kappa shape index (κ1) is 18.6. The van der Waals surface area contributed by atoms with Gasteiger partial charge in [0.15, 0.2) is 6.61 Å². The SMILES string of the molecule is CC(C)(C)OC(=O)NCC#Cc1ccc(OCC(F)(F)F)nc1. The molecule has 0 saturated heterocycles. The smallest absolute Gasteiger partial charge is 0.422 e. The number of pyridine rings is 1. The highest BCUT2D eigenvalue weighted by atomic mass is 19.4. The fourth-order valence-electron chi connectivity index (χ4n) is 1.27. The van der Waals surface area contributed by atoms with Gasteiger partial charge in [-0.2, -0.15) is 13.2 Å². The highest BCUT2D eigenvalue weighted by Gasteiger charge is 2.28. The van der Waals surface area contributed by atoms with Crippen molar-refractivity contribution >= 4 is 6.09 Å². The van der Waals surface area contributed by atoms with Crippen molar-refractivity contribution in [3.05, 3.63) is 23.9 Å². The molecule has 0 bridgehead atoms. The van der Waals surface area contributed by atoms with Crippen LogP contribution in [0, 0.1) is 11.8 Å². The zero-order valence-electron chi connectivity index (χ0n) is 13.0. The first-order chi connectivity index (χ1) is 10.6. The molecule has 8 heteroatoms. The van der Waals surface area contributed by atoms with Gasteiger partial charge in [0.2, 0.25) is 5.88 Å². The number of carbonyl (C=O) groups is 1. The Morgan fingerprint density at radius 2 is 2.00 bits per heavy atom. The average Bonchev–Trinajstić information content (AvgIpc) is 2.40. The number of halogens is 3. The summed E-state index contributed by atoms with van der Waals surface area (Å²) < 4.78 is 45.4. The fourth-order valence-corrected chi connectivity index (χ4v) is 1.27. The number of alkyl carbamates (subject to hydrolysis) is 1. The van der Waals surface area contributed by atoms with Gasteiger partial charge >= 0.3 is 12.3 Å². The molecule has 1 heterocycles. The monoisotopic (exact) mass is 330 g/mol. The Labute approximate surface area is 132 Å². The van der Waals surface area contributed by atoms with E-state index in [9.17, 15) is 18.0 Å². The molecule has 0 spiro atoms. The molecule has 0 atom stereocenters. The fraction of sp³-hybridized carbons (Fsp3) is 0.467. The molecule has 0 aromatic carbocycles. The molecule has 0 aliphatic carbocycles. The van der Waals surface area contributed by atoms with Crippen LogP contribution in [0.25, 0.3) is 0 Å². The number of rotatable bonds is 3. The summed E-state index contributed by atoms with van der Waals surface area (Å²) in [5, 5.41) is 2.45. The van der Waals surface area contributed by atoms with Gasteiger partial charge in [0.1, 0.15) is 5.60 Å². The van der Waals surface area contributed by atoms with Gasteiger partial charge in [-0.3, -0.25) is 0 Å². The Balaban J connectivity index is 2.43. The third kappa shape index (κ3) is 9.24. The third-order valence-corrected chi connectivity index (χ3v) is 2.07. The number of aromatic nitrogens is 1. The van der Waals surface area contributed by atoms with Gasteiger partial charge in [-0.1, -0.05) is 11.8 Å². The van der Waals surface area contributed by atoms with Crippen LogP contribution in [0.1, 0.15) is 26.3 Å². The van der Waals surface area contributed by atoms with E-state index in [-0.39, 0.29) is 12.4 Å². The molecule has 0 aliphatic rings. The molecule has 1 aromatic heterocycles. The summed E-state index contributed by atoms with van der Waals surface area (Å²) in [5.74, 6) is 5.23. The van der Waals surface area contributed by atoms with E-state index in [0.29, 0.717) is 5.56 Å². The number of hydrogen-bond donors (Lipinski definition) is 1. The second-order valence-electron chi connectivity index (χ2n) is 5.45. The molecule has 1 rings (SSSR count).